The Morgan fingerprint density at radius 3 is 1.60 bits per heavy atom. The van der Waals surface area contributed by atoms with Gasteiger partial charge in [-0.3, -0.25) is 0 Å². The van der Waals surface area contributed by atoms with Gasteiger partial charge in [0.05, 0.1) is 26.8 Å². The summed E-state index contributed by atoms with van der Waals surface area (Å²) < 4.78 is 7.60. The lowest BCUT2D eigenvalue weighted by molar-refractivity contribution is 1.18. The number of hydrogen-bond acceptors (Lipinski definition) is 1. The van der Waals surface area contributed by atoms with E-state index in [-0.39, 0.29) is 0 Å². The van der Waals surface area contributed by atoms with E-state index >= 15 is 0 Å². The van der Waals surface area contributed by atoms with E-state index in [0.29, 0.717) is 0 Å². The fourth-order valence-electron chi connectivity index (χ4n) is 9.93. The zero-order valence-electron chi connectivity index (χ0n) is 30.8. The van der Waals surface area contributed by atoms with Crippen LogP contribution in [0.15, 0.2) is 194 Å². The van der Waals surface area contributed by atoms with Crippen LogP contribution in [-0.4, -0.2) is 9.13 Å². The van der Waals surface area contributed by atoms with E-state index in [2.05, 4.69) is 203 Å². The van der Waals surface area contributed by atoms with Crippen LogP contribution in [0.4, 0.5) is 0 Å². The molecule has 0 atom stereocenters. The van der Waals surface area contributed by atoms with Gasteiger partial charge in [0.2, 0.25) is 0 Å². The monoisotopic (exact) mass is 740 g/mol. The van der Waals surface area contributed by atoms with E-state index < -0.39 is 0 Å². The topological polar surface area (TPSA) is 9.86 Å². The van der Waals surface area contributed by atoms with E-state index in [9.17, 15) is 0 Å². The highest BCUT2D eigenvalue weighted by molar-refractivity contribution is 7.27. The Hall–Kier alpha value is -7.20. The van der Waals surface area contributed by atoms with E-state index in [1.807, 2.05) is 11.3 Å². The Bertz CT molecular complexity index is 3810. The Balaban J connectivity index is 1.16. The predicted molar refractivity (Wildman–Crippen MR) is 246 cm³/mol. The van der Waals surface area contributed by atoms with Crippen molar-refractivity contribution in [2.45, 2.75) is 0 Å². The first kappa shape index (κ1) is 31.1. The molecule has 0 bridgehead atoms. The molecule has 0 amide bonds. The minimum absolute atomic E-state index is 1.16. The molecule has 0 aliphatic heterocycles. The number of hydrogen-bond donors (Lipinski definition) is 0. The maximum Gasteiger partial charge on any atom is 0.0726 e. The first-order valence-corrected chi connectivity index (χ1v) is 20.4. The van der Waals surface area contributed by atoms with Crippen LogP contribution in [0.5, 0.6) is 0 Å². The van der Waals surface area contributed by atoms with Crippen molar-refractivity contribution >= 4 is 107 Å². The predicted octanol–water partition coefficient (Wildman–Crippen LogP) is 15.4. The van der Waals surface area contributed by atoms with Gasteiger partial charge in [-0.1, -0.05) is 146 Å². The molecule has 0 aliphatic carbocycles. The summed E-state index contributed by atoms with van der Waals surface area (Å²) in [7, 11) is 0. The molecule has 0 saturated carbocycles. The molecule has 0 spiro atoms. The van der Waals surface area contributed by atoms with Crippen LogP contribution in [0.25, 0.3) is 119 Å². The largest absolute Gasteiger partial charge is 0.309 e. The number of para-hydroxylation sites is 3. The van der Waals surface area contributed by atoms with Crippen LogP contribution in [0.1, 0.15) is 0 Å². The number of rotatable bonds is 3. The summed E-state index contributed by atoms with van der Waals surface area (Å²) in [5, 5.41) is 15.7. The maximum absolute atomic E-state index is 2.55. The molecule has 0 saturated heterocycles. The van der Waals surface area contributed by atoms with E-state index in [0.717, 1.165) is 5.69 Å². The van der Waals surface area contributed by atoms with Gasteiger partial charge in [-0.15, -0.1) is 11.3 Å². The highest BCUT2D eigenvalue weighted by Crippen LogP contribution is 2.52. The van der Waals surface area contributed by atoms with E-state index in [1.165, 1.54) is 113 Å². The van der Waals surface area contributed by atoms with Crippen molar-refractivity contribution in [1.29, 1.82) is 0 Å². The number of nitrogens with zero attached hydrogens (tertiary/aromatic N) is 2. The van der Waals surface area contributed by atoms with Gasteiger partial charge in [0, 0.05) is 59.2 Å². The lowest BCUT2D eigenvalue weighted by Crippen LogP contribution is -1.95. The second kappa shape index (κ2) is 11.7. The van der Waals surface area contributed by atoms with Crippen molar-refractivity contribution in [3.05, 3.63) is 194 Å². The Kier molecular flexibility index (Phi) is 6.35. The van der Waals surface area contributed by atoms with Crippen molar-refractivity contribution in [2.24, 2.45) is 0 Å². The maximum atomic E-state index is 2.55. The third-order valence-corrected chi connectivity index (χ3v) is 13.4. The van der Waals surface area contributed by atoms with Crippen LogP contribution in [-0.2, 0) is 0 Å². The minimum Gasteiger partial charge on any atom is -0.309 e. The summed E-state index contributed by atoms with van der Waals surface area (Å²) in [5.74, 6) is 0. The SMILES string of the molecule is c1ccc(-n2c3ccccc3c3ccc(-c4cccc(-n5c6ccccc6c6c7c8ccccc8c8ccccc8c7c7c8ccccc8sc7c65)c4)cc32)cc1. The molecule has 0 radical (unpaired) electrons. The lowest BCUT2D eigenvalue weighted by Gasteiger charge is -2.15. The van der Waals surface area contributed by atoms with Gasteiger partial charge in [0.1, 0.15) is 0 Å². The van der Waals surface area contributed by atoms with E-state index in [4.69, 9.17) is 0 Å². The van der Waals surface area contributed by atoms with Crippen molar-refractivity contribution in [1.82, 2.24) is 9.13 Å². The van der Waals surface area contributed by atoms with Gasteiger partial charge in [-0.2, -0.15) is 0 Å². The van der Waals surface area contributed by atoms with Gasteiger partial charge in [0.15, 0.2) is 0 Å². The molecule has 2 nitrogen and oxygen atoms in total. The molecule has 57 heavy (non-hydrogen) atoms. The minimum atomic E-state index is 1.16. The molecule has 0 N–H and O–H groups in total. The number of thiophene rings is 1. The molecule has 13 rings (SSSR count). The van der Waals surface area contributed by atoms with Gasteiger partial charge in [0.25, 0.3) is 0 Å². The molecule has 264 valence electrons. The standard InChI is InChI=1S/C54H32N2S/c1-2-16-35(17-3-1)55-45-26-11-8-21-39(45)40-30-29-34(32-47(40)55)33-15-14-18-36(31-33)56-46-27-12-9-24-43(46)51-49-41-22-6-4-19-37(41)38-20-5-7-23-42(38)50(49)52-44-25-10-13-28-48(44)57-54(52)53(51)56/h1-32H. The Morgan fingerprint density at radius 1 is 0.298 bits per heavy atom. The molecular formula is C54H32N2S. The smallest absolute Gasteiger partial charge is 0.0726 e. The molecule has 13 aromatic rings. The summed E-state index contributed by atoms with van der Waals surface area (Å²) in [6.07, 6.45) is 0. The molecule has 3 aromatic heterocycles. The first-order valence-electron chi connectivity index (χ1n) is 19.6. The van der Waals surface area contributed by atoms with Crippen LogP contribution in [0.2, 0.25) is 0 Å². The van der Waals surface area contributed by atoms with Gasteiger partial charge < -0.3 is 9.13 Å². The molecule has 0 fully saturated rings. The molecule has 3 heterocycles. The summed E-state index contributed by atoms with van der Waals surface area (Å²) >= 11 is 1.92. The van der Waals surface area contributed by atoms with Crippen molar-refractivity contribution in [3.63, 3.8) is 0 Å². The second-order valence-corrected chi connectivity index (χ2v) is 16.2. The molecule has 0 unspecified atom stereocenters. The number of aromatic nitrogens is 2. The highest BCUT2D eigenvalue weighted by atomic mass is 32.1. The summed E-state index contributed by atoms with van der Waals surface area (Å²) in [5.41, 5.74) is 9.62. The van der Waals surface area contributed by atoms with Gasteiger partial charge >= 0.3 is 0 Å². The average molecular weight is 741 g/mol. The van der Waals surface area contributed by atoms with Gasteiger partial charge in [-0.25, -0.2) is 0 Å². The molecule has 0 aliphatic rings. The summed E-state index contributed by atoms with van der Waals surface area (Å²) in [6, 6.07) is 71.7. The fraction of sp³-hybridized carbons (Fsp3) is 0. The third-order valence-electron chi connectivity index (χ3n) is 12.2. The zero-order valence-corrected chi connectivity index (χ0v) is 31.6. The molecule has 3 heteroatoms. The zero-order chi connectivity index (χ0) is 37.2. The summed E-state index contributed by atoms with van der Waals surface area (Å²) in [6.45, 7) is 0. The normalized spacial score (nSPS) is 12.2. The molecular weight excluding hydrogens is 709 g/mol. The quantitative estimate of drug-likeness (QED) is 0.160. The van der Waals surface area contributed by atoms with Crippen molar-refractivity contribution in [3.8, 4) is 22.5 Å². The molecule has 10 aromatic carbocycles. The lowest BCUT2D eigenvalue weighted by atomic mass is 9.89. The van der Waals surface area contributed by atoms with Crippen LogP contribution in [0.3, 0.4) is 0 Å². The Labute approximate surface area is 331 Å². The number of fused-ring (bicyclic) bond motifs is 18. The van der Waals surface area contributed by atoms with Crippen molar-refractivity contribution < 1.29 is 0 Å². The van der Waals surface area contributed by atoms with Crippen LogP contribution >= 0.6 is 11.3 Å². The second-order valence-electron chi connectivity index (χ2n) is 15.2. The fourth-order valence-corrected chi connectivity index (χ4v) is 11.2. The third kappa shape index (κ3) is 4.24. The van der Waals surface area contributed by atoms with Gasteiger partial charge in [-0.05, 0) is 81.2 Å². The summed E-state index contributed by atoms with van der Waals surface area (Å²) in [4.78, 5) is 0. The Morgan fingerprint density at radius 2 is 0.842 bits per heavy atom. The highest BCUT2D eigenvalue weighted by Gasteiger charge is 2.25. The van der Waals surface area contributed by atoms with Crippen LogP contribution < -0.4 is 0 Å². The van der Waals surface area contributed by atoms with Crippen molar-refractivity contribution in [2.75, 3.05) is 0 Å². The first-order chi connectivity index (χ1) is 28.3. The van der Waals surface area contributed by atoms with Crippen LogP contribution in [0, 0.1) is 0 Å². The van der Waals surface area contributed by atoms with E-state index in [1.54, 1.807) is 0 Å². The number of benzene rings is 10. The average Bonchev–Trinajstić information content (AvgIpc) is 3.95.